The van der Waals surface area contributed by atoms with E-state index in [4.69, 9.17) is 5.73 Å². The summed E-state index contributed by atoms with van der Waals surface area (Å²) >= 11 is 1.65. The molecule has 1 rings (SSSR count). The van der Waals surface area contributed by atoms with E-state index in [-0.39, 0.29) is 6.04 Å². The monoisotopic (exact) mass is 156 g/mol. The van der Waals surface area contributed by atoms with E-state index in [0.29, 0.717) is 0 Å². The fraction of sp³-hybridized carbons (Fsp3) is 0.571. The summed E-state index contributed by atoms with van der Waals surface area (Å²) in [5, 5.41) is 3.09. The van der Waals surface area contributed by atoms with Gasteiger partial charge in [-0.1, -0.05) is 6.92 Å². The Bertz CT molecular complexity index is 207. The van der Waals surface area contributed by atoms with Gasteiger partial charge in [0.15, 0.2) is 0 Å². The molecule has 1 heterocycles. The highest BCUT2D eigenvalue weighted by atomic mass is 32.1. The Hall–Kier alpha value is -0.410. The van der Waals surface area contributed by atoms with Gasteiger partial charge in [0.1, 0.15) is 5.01 Å². The molecule has 0 saturated carbocycles. The Kier molecular flexibility index (Phi) is 2.40. The average Bonchev–Trinajstić information content (AvgIpc) is 2.34. The van der Waals surface area contributed by atoms with Crippen molar-refractivity contribution in [2.45, 2.75) is 26.3 Å². The van der Waals surface area contributed by atoms with Crippen LogP contribution in [-0.2, 0) is 0 Å². The average molecular weight is 156 g/mol. The number of rotatable bonds is 2. The van der Waals surface area contributed by atoms with E-state index in [0.717, 1.165) is 17.1 Å². The minimum atomic E-state index is 0.138. The van der Waals surface area contributed by atoms with Crippen LogP contribution in [0.3, 0.4) is 0 Å². The molecular weight excluding hydrogens is 144 g/mol. The number of hydrogen-bond donors (Lipinski definition) is 1. The first-order chi connectivity index (χ1) is 4.74. The summed E-state index contributed by atoms with van der Waals surface area (Å²) in [6.45, 7) is 4.06. The number of nitrogens with zero attached hydrogens (tertiary/aromatic N) is 1. The number of aromatic nitrogens is 1. The fourth-order valence-electron chi connectivity index (χ4n) is 0.717. The maximum Gasteiger partial charge on any atom is 0.110 e. The molecule has 0 aliphatic rings. The standard InChI is InChI=1S/C7H12N2S/c1-3-6(8)7-9-5(2)4-10-7/h4,6H,3,8H2,1-2H3. The summed E-state index contributed by atoms with van der Waals surface area (Å²) < 4.78 is 0. The number of thiazole rings is 1. The summed E-state index contributed by atoms with van der Waals surface area (Å²) in [6, 6.07) is 0.138. The van der Waals surface area contributed by atoms with Gasteiger partial charge in [-0.2, -0.15) is 0 Å². The molecule has 0 amide bonds. The largest absolute Gasteiger partial charge is 0.322 e. The third-order valence-corrected chi connectivity index (χ3v) is 2.49. The van der Waals surface area contributed by atoms with E-state index < -0.39 is 0 Å². The van der Waals surface area contributed by atoms with Crippen LogP contribution in [0, 0.1) is 6.92 Å². The number of hydrogen-bond acceptors (Lipinski definition) is 3. The lowest BCUT2D eigenvalue weighted by molar-refractivity contribution is 0.691. The summed E-state index contributed by atoms with van der Waals surface area (Å²) in [5.41, 5.74) is 6.83. The van der Waals surface area contributed by atoms with Crippen LogP contribution >= 0.6 is 11.3 Å². The van der Waals surface area contributed by atoms with Gasteiger partial charge in [-0.25, -0.2) is 4.98 Å². The second-order valence-corrected chi connectivity index (χ2v) is 3.23. The van der Waals surface area contributed by atoms with Crippen molar-refractivity contribution >= 4 is 11.3 Å². The second-order valence-electron chi connectivity index (χ2n) is 2.34. The van der Waals surface area contributed by atoms with Crippen molar-refractivity contribution < 1.29 is 0 Å². The van der Waals surface area contributed by atoms with E-state index in [1.54, 1.807) is 11.3 Å². The highest BCUT2D eigenvalue weighted by molar-refractivity contribution is 7.09. The third kappa shape index (κ3) is 1.55. The van der Waals surface area contributed by atoms with Crippen molar-refractivity contribution in [3.63, 3.8) is 0 Å². The minimum Gasteiger partial charge on any atom is -0.322 e. The topological polar surface area (TPSA) is 38.9 Å². The summed E-state index contributed by atoms with van der Waals surface area (Å²) in [4.78, 5) is 4.27. The molecule has 1 aromatic rings. The van der Waals surface area contributed by atoms with Gasteiger partial charge in [-0.3, -0.25) is 0 Å². The summed E-state index contributed by atoms with van der Waals surface area (Å²) in [6.07, 6.45) is 0.965. The van der Waals surface area contributed by atoms with Crippen LogP contribution < -0.4 is 5.73 Å². The van der Waals surface area contributed by atoms with Crippen molar-refractivity contribution in [3.8, 4) is 0 Å². The smallest absolute Gasteiger partial charge is 0.110 e. The summed E-state index contributed by atoms with van der Waals surface area (Å²) in [5.74, 6) is 0. The Balaban J connectivity index is 2.74. The molecule has 0 radical (unpaired) electrons. The Morgan fingerprint density at radius 3 is 2.90 bits per heavy atom. The highest BCUT2D eigenvalue weighted by Crippen LogP contribution is 2.17. The molecule has 1 unspecified atom stereocenters. The quantitative estimate of drug-likeness (QED) is 0.709. The molecule has 0 aromatic carbocycles. The van der Waals surface area contributed by atoms with Crippen molar-refractivity contribution in [3.05, 3.63) is 16.1 Å². The Morgan fingerprint density at radius 1 is 1.80 bits per heavy atom. The lowest BCUT2D eigenvalue weighted by Gasteiger charge is -2.01. The molecule has 0 spiro atoms. The fourth-order valence-corrected chi connectivity index (χ4v) is 1.60. The van der Waals surface area contributed by atoms with E-state index in [9.17, 15) is 0 Å². The lowest BCUT2D eigenvalue weighted by atomic mass is 10.2. The van der Waals surface area contributed by atoms with E-state index >= 15 is 0 Å². The lowest BCUT2D eigenvalue weighted by Crippen LogP contribution is -2.07. The van der Waals surface area contributed by atoms with Crippen LogP contribution in [0.2, 0.25) is 0 Å². The van der Waals surface area contributed by atoms with E-state index in [1.807, 2.05) is 12.3 Å². The molecule has 56 valence electrons. The SMILES string of the molecule is CCC(N)c1nc(C)cs1. The summed E-state index contributed by atoms with van der Waals surface area (Å²) in [7, 11) is 0. The number of aryl methyl sites for hydroxylation is 1. The zero-order chi connectivity index (χ0) is 7.56. The van der Waals surface area contributed by atoms with Gasteiger partial charge in [0.05, 0.1) is 6.04 Å². The van der Waals surface area contributed by atoms with Crippen molar-refractivity contribution in [1.82, 2.24) is 4.98 Å². The molecule has 2 nitrogen and oxygen atoms in total. The predicted octanol–water partition coefficient (Wildman–Crippen LogP) is 1.86. The van der Waals surface area contributed by atoms with Gasteiger partial charge in [-0.05, 0) is 13.3 Å². The van der Waals surface area contributed by atoms with E-state index in [1.165, 1.54) is 0 Å². The molecule has 1 aromatic heterocycles. The van der Waals surface area contributed by atoms with Crippen LogP contribution in [-0.4, -0.2) is 4.98 Å². The molecule has 0 fully saturated rings. The maximum atomic E-state index is 5.76. The Labute approximate surface area is 65.1 Å². The molecule has 0 bridgehead atoms. The predicted molar refractivity (Wildman–Crippen MR) is 44.1 cm³/mol. The normalized spacial score (nSPS) is 13.5. The molecule has 0 aliphatic heterocycles. The van der Waals surface area contributed by atoms with Gasteiger partial charge in [0.25, 0.3) is 0 Å². The van der Waals surface area contributed by atoms with Crippen molar-refractivity contribution in [1.29, 1.82) is 0 Å². The van der Waals surface area contributed by atoms with Gasteiger partial charge >= 0.3 is 0 Å². The van der Waals surface area contributed by atoms with Gasteiger partial charge < -0.3 is 5.73 Å². The van der Waals surface area contributed by atoms with Crippen LogP contribution in [0.4, 0.5) is 0 Å². The van der Waals surface area contributed by atoms with Crippen molar-refractivity contribution in [2.24, 2.45) is 5.73 Å². The van der Waals surface area contributed by atoms with Crippen molar-refractivity contribution in [2.75, 3.05) is 0 Å². The molecule has 0 aliphatic carbocycles. The molecular formula is C7H12N2S. The van der Waals surface area contributed by atoms with Crippen LogP contribution in [0.15, 0.2) is 5.38 Å². The molecule has 2 N–H and O–H groups in total. The first kappa shape index (κ1) is 7.69. The number of nitrogens with two attached hydrogens (primary N) is 1. The highest BCUT2D eigenvalue weighted by Gasteiger charge is 2.05. The molecule has 1 atom stereocenters. The van der Waals surface area contributed by atoms with E-state index in [2.05, 4.69) is 11.9 Å². The zero-order valence-corrected chi connectivity index (χ0v) is 7.11. The van der Waals surface area contributed by atoms with Crippen LogP contribution in [0.1, 0.15) is 30.1 Å². The molecule has 10 heavy (non-hydrogen) atoms. The van der Waals surface area contributed by atoms with Gasteiger partial charge in [-0.15, -0.1) is 11.3 Å². The third-order valence-electron chi connectivity index (χ3n) is 1.39. The van der Waals surface area contributed by atoms with Crippen LogP contribution in [0.25, 0.3) is 0 Å². The molecule has 3 heteroatoms. The van der Waals surface area contributed by atoms with Gasteiger partial charge in [0, 0.05) is 11.1 Å². The maximum absolute atomic E-state index is 5.76. The zero-order valence-electron chi connectivity index (χ0n) is 6.29. The molecule has 0 saturated heterocycles. The first-order valence-electron chi connectivity index (χ1n) is 3.41. The Morgan fingerprint density at radius 2 is 2.50 bits per heavy atom. The second kappa shape index (κ2) is 3.12. The first-order valence-corrected chi connectivity index (χ1v) is 4.29. The van der Waals surface area contributed by atoms with Gasteiger partial charge in [0.2, 0.25) is 0 Å². The minimum absolute atomic E-state index is 0.138. The van der Waals surface area contributed by atoms with Crippen LogP contribution in [0.5, 0.6) is 0 Å².